The first-order valence-corrected chi connectivity index (χ1v) is 11.7. The highest BCUT2D eigenvalue weighted by molar-refractivity contribution is 8.19. The fourth-order valence-corrected chi connectivity index (χ4v) is 5.19. The van der Waals surface area contributed by atoms with Gasteiger partial charge in [0, 0.05) is 17.1 Å². The number of Topliss-reactive ketones (excluding diaryl/α,β-unsaturated/α-hetero) is 1. The first-order valence-electron chi connectivity index (χ1n) is 9.97. The number of ketones is 1. The summed E-state index contributed by atoms with van der Waals surface area (Å²) in [5.41, 5.74) is 1.62. The molecule has 1 aliphatic rings. The number of carbonyl (C=O) groups is 1. The van der Waals surface area contributed by atoms with Crippen LogP contribution in [0.1, 0.15) is 22.1 Å². The molecule has 1 fully saturated rings. The minimum absolute atomic E-state index is 0.107. The summed E-state index contributed by atoms with van der Waals surface area (Å²) in [6.07, 6.45) is 3.42. The van der Waals surface area contributed by atoms with E-state index < -0.39 is 5.92 Å². The second-order valence-corrected chi connectivity index (χ2v) is 9.03. The van der Waals surface area contributed by atoms with Gasteiger partial charge in [-0.2, -0.15) is 0 Å². The van der Waals surface area contributed by atoms with E-state index in [1.807, 2.05) is 29.6 Å². The van der Waals surface area contributed by atoms with Crippen molar-refractivity contribution in [2.24, 2.45) is 0 Å². The van der Waals surface area contributed by atoms with Gasteiger partial charge in [0.05, 0.1) is 31.3 Å². The Morgan fingerprint density at radius 2 is 1.82 bits per heavy atom. The van der Waals surface area contributed by atoms with Crippen LogP contribution in [-0.4, -0.2) is 37.1 Å². The molecule has 0 bridgehead atoms. The van der Waals surface area contributed by atoms with E-state index in [9.17, 15) is 4.79 Å². The maximum absolute atomic E-state index is 12.9. The minimum atomic E-state index is -0.608. The zero-order chi connectivity index (χ0) is 23.4. The summed E-state index contributed by atoms with van der Waals surface area (Å²) in [5.74, 6) is 1.79. The predicted octanol–water partition coefficient (Wildman–Crippen LogP) is 5.17. The maximum atomic E-state index is 12.9. The van der Waals surface area contributed by atoms with Gasteiger partial charge >= 0.3 is 0 Å². The quantitative estimate of drug-likeness (QED) is 0.443. The molecule has 3 aromatic rings. The summed E-state index contributed by atoms with van der Waals surface area (Å²) >= 11 is 2.56. The number of nitrogens with one attached hydrogen (secondary N) is 1. The van der Waals surface area contributed by atoms with E-state index in [-0.39, 0.29) is 12.4 Å². The van der Waals surface area contributed by atoms with E-state index in [1.54, 1.807) is 45.7 Å². The largest absolute Gasteiger partial charge is 0.497 e. The maximum Gasteiger partial charge on any atom is 0.186 e. The monoisotopic (exact) mass is 482 g/mol. The van der Waals surface area contributed by atoms with Crippen LogP contribution in [0.3, 0.4) is 0 Å². The smallest absolute Gasteiger partial charge is 0.186 e. The third kappa shape index (κ3) is 4.89. The third-order valence-corrected chi connectivity index (χ3v) is 6.88. The highest BCUT2D eigenvalue weighted by atomic mass is 32.2. The Hall–Kier alpha value is -3.30. The fourth-order valence-electron chi connectivity index (χ4n) is 3.39. The van der Waals surface area contributed by atoms with Gasteiger partial charge in [-0.3, -0.25) is 10.2 Å². The Labute approximate surface area is 199 Å². The Morgan fingerprint density at radius 1 is 1.03 bits per heavy atom. The molecule has 0 saturated carbocycles. The van der Waals surface area contributed by atoms with Crippen LogP contribution in [-0.2, 0) is 11.4 Å². The molecule has 1 N–H and O–H groups in total. The SMILES string of the molecule is COc1ccc(OC)c(COc2ccc(/C=C3\SC(=N)[C@H](c4nccs4)C3=O)cc2OC)c1. The molecule has 7 nitrogen and oxygen atoms in total. The number of rotatable bonds is 8. The number of allylic oxidation sites excluding steroid dienone is 1. The molecule has 4 rings (SSSR count). The van der Waals surface area contributed by atoms with E-state index in [2.05, 4.69) is 4.98 Å². The first kappa shape index (κ1) is 22.9. The lowest BCUT2D eigenvalue weighted by Gasteiger charge is -2.14. The summed E-state index contributed by atoms with van der Waals surface area (Å²) in [4.78, 5) is 17.6. The van der Waals surface area contributed by atoms with Crippen LogP contribution in [0.15, 0.2) is 52.9 Å². The Balaban J connectivity index is 1.53. The molecular formula is C24H22N2O5S2. The molecule has 0 amide bonds. The van der Waals surface area contributed by atoms with Crippen molar-refractivity contribution in [3.05, 3.63) is 69.0 Å². The highest BCUT2D eigenvalue weighted by Gasteiger charge is 2.38. The number of carbonyl (C=O) groups excluding carboxylic acids is 1. The zero-order valence-corrected chi connectivity index (χ0v) is 19.9. The van der Waals surface area contributed by atoms with Gasteiger partial charge in [-0.1, -0.05) is 17.8 Å². The van der Waals surface area contributed by atoms with Gasteiger partial charge in [0.25, 0.3) is 0 Å². The summed E-state index contributed by atoms with van der Waals surface area (Å²) in [5, 5.41) is 11.0. The van der Waals surface area contributed by atoms with E-state index in [4.69, 9.17) is 24.4 Å². The number of benzene rings is 2. The molecule has 1 saturated heterocycles. The molecule has 2 aromatic carbocycles. The summed E-state index contributed by atoms with van der Waals surface area (Å²) in [6.45, 7) is 0.262. The number of ether oxygens (including phenoxy) is 4. The standard InChI is InChI=1S/C24H22N2O5S2/c1-28-16-5-7-17(29-2)15(12-16)13-31-18-6-4-14(10-19(18)30-3)11-20-22(27)21(23(25)33-20)24-26-8-9-32-24/h4-12,21,25H,13H2,1-3H3/b20-11-,25-23?/t21-/m1/s1. The number of thiazole rings is 1. The van der Waals surface area contributed by atoms with E-state index in [0.717, 1.165) is 11.1 Å². The molecule has 0 aliphatic carbocycles. The molecular weight excluding hydrogens is 460 g/mol. The number of hydrogen-bond donors (Lipinski definition) is 1. The van der Waals surface area contributed by atoms with Crippen molar-refractivity contribution < 1.29 is 23.7 Å². The first-order chi connectivity index (χ1) is 16.0. The second-order valence-electron chi connectivity index (χ2n) is 7.02. The topological polar surface area (TPSA) is 90.7 Å². The van der Waals surface area contributed by atoms with Crippen LogP contribution >= 0.6 is 23.1 Å². The lowest BCUT2D eigenvalue weighted by atomic mass is 10.0. The van der Waals surface area contributed by atoms with Crippen molar-refractivity contribution in [2.45, 2.75) is 12.5 Å². The number of aromatic nitrogens is 1. The molecule has 0 radical (unpaired) electrons. The van der Waals surface area contributed by atoms with E-state index in [0.29, 0.717) is 38.0 Å². The van der Waals surface area contributed by atoms with Gasteiger partial charge in [0.15, 0.2) is 17.3 Å². The van der Waals surface area contributed by atoms with E-state index >= 15 is 0 Å². The zero-order valence-electron chi connectivity index (χ0n) is 18.3. The fraction of sp³-hybridized carbons (Fsp3) is 0.208. The molecule has 1 aromatic heterocycles. The molecule has 1 atom stereocenters. The normalized spacial score (nSPS) is 16.8. The van der Waals surface area contributed by atoms with Crippen LogP contribution in [0.4, 0.5) is 0 Å². The molecule has 0 spiro atoms. The number of methoxy groups -OCH3 is 3. The van der Waals surface area contributed by atoms with Crippen molar-refractivity contribution >= 4 is 40.0 Å². The van der Waals surface area contributed by atoms with Crippen molar-refractivity contribution in [1.82, 2.24) is 4.98 Å². The van der Waals surface area contributed by atoms with Crippen molar-refractivity contribution in [1.29, 1.82) is 5.41 Å². The lowest BCUT2D eigenvalue weighted by molar-refractivity contribution is -0.114. The average Bonchev–Trinajstić information content (AvgIpc) is 3.45. The molecule has 33 heavy (non-hydrogen) atoms. The van der Waals surface area contributed by atoms with Gasteiger partial charge in [-0.25, -0.2) is 4.98 Å². The number of hydrogen-bond acceptors (Lipinski definition) is 9. The predicted molar refractivity (Wildman–Crippen MR) is 130 cm³/mol. The Bertz CT molecular complexity index is 1210. The van der Waals surface area contributed by atoms with E-state index in [1.165, 1.54) is 23.1 Å². The molecule has 9 heteroatoms. The van der Waals surface area contributed by atoms with Crippen LogP contribution in [0.25, 0.3) is 6.08 Å². The van der Waals surface area contributed by atoms with Gasteiger partial charge < -0.3 is 18.9 Å². The van der Waals surface area contributed by atoms with Crippen LogP contribution in [0.2, 0.25) is 0 Å². The number of nitrogens with zero attached hydrogens (tertiary/aromatic N) is 1. The Kier molecular flexibility index (Phi) is 7.00. The highest BCUT2D eigenvalue weighted by Crippen LogP contribution is 2.41. The minimum Gasteiger partial charge on any atom is -0.497 e. The average molecular weight is 483 g/mol. The van der Waals surface area contributed by atoms with Crippen LogP contribution < -0.4 is 18.9 Å². The van der Waals surface area contributed by atoms with Crippen LogP contribution in [0.5, 0.6) is 23.0 Å². The van der Waals surface area contributed by atoms with Crippen molar-refractivity contribution in [2.75, 3.05) is 21.3 Å². The van der Waals surface area contributed by atoms with Gasteiger partial charge in [-0.05, 0) is 42.0 Å². The second kappa shape index (κ2) is 10.1. The molecule has 0 unspecified atom stereocenters. The third-order valence-electron chi connectivity index (χ3n) is 5.04. The summed E-state index contributed by atoms with van der Waals surface area (Å²) in [7, 11) is 4.78. The molecule has 2 heterocycles. The molecule has 1 aliphatic heterocycles. The van der Waals surface area contributed by atoms with Gasteiger partial charge in [0.1, 0.15) is 29.0 Å². The number of thioether (sulfide) groups is 1. The molecule has 170 valence electrons. The lowest BCUT2D eigenvalue weighted by Crippen LogP contribution is -2.11. The van der Waals surface area contributed by atoms with Gasteiger partial charge in [-0.15, -0.1) is 11.3 Å². The van der Waals surface area contributed by atoms with Crippen molar-refractivity contribution in [3.8, 4) is 23.0 Å². The summed E-state index contributed by atoms with van der Waals surface area (Å²) in [6, 6.07) is 11.0. The van der Waals surface area contributed by atoms with Crippen LogP contribution in [0, 0.1) is 5.41 Å². The Morgan fingerprint density at radius 3 is 2.52 bits per heavy atom. The van der Waals surface area contributed by atoms with Gasteiger partial charge in [0.2, 0.25) is 0 Å². The summed E-state index contributed by atoms with van der Waals surface area (Å²) < 4.78 is 22.2. The van der Waals surface area contributed by atoms with Crippen molar-refractivity contribution in [3.63, 3.8) is 0 Å².